The fraction of sp³-hybridized carbons (Fsp3) is 0.375. The van der Waals surface area contributed by atoms with Crippen molar-refractivity contribution in [3.8, 4) is 0 Å². The first-order chi connectivity index (χ1) is 5.07. The predicted molar refractivity (Wildman–Crippen MR) is 43.7 cm³/mol. The van der Waals surface area contributed by atoms with E-state index in [2.05, 4.69) is 4.74 Å². The van der Waals surface area contributed by atoms with Gasteiger partial charge in [-0.2, -0.15) is 0 Å². The molecule has 0 aromatic heterocycles. The quantitative estimate of drug-likeness (QED) is 0.367. The zero-order valence-electron chi connectivity index (χ0n) is 7.05. The second kappa shape index (κ2) is 4.55. The van der Waals surface area contributed by atoms with Gasteiger partial charge < -0.3 is 10.5 Å². The first-order valence-corrected chi connectivity index (χ1v) is 3.27. The number of nitrogens with two attached hydrogens (primary N) is 1. The van der Waals surface area contributed by atoms with Gasteiger partial charge in [0.05, 0.1) is 7.11 Å². The van der Waals surface area contributed by atoms with Crippen LogP contribution in [0.1, 0.15) is 13.8 Å². The Balaban J connectivity index is 4.23. The SMILES string of the molecule is COC(=O)/C(C)=C/C=C(\C)N. The minimum atomic E-state index is -0.331. The number of rotatable bonds is 2. The number of carbonyl (C=O) groups is 1. The standard InChI is InChI=1S/C8H13NO2/c1-6(8(10)11-3)4-5-7(2)9/h4-5H,9H2,1-3H3/b6-4+,7-5+. The lowest BCUT2D eigenvalue weighted by atomic mass is 10.2. The Labute approximate surface area is 66.5 Å². The van der Waals surface area contributed by atoms with Gasteiger partial charge in [-0.3, -0.25) is 0 Å². The fourth-order valence-electron chi connectivity index (χ4n) is 0.485. The van der Waals surface area contributed by atoms with Gasteiger partial charge in [0.1, 0.15) is 0 Å². The maximum Gasteiger partial charge on any atom is 0.333 e. The second-order valence-corrected chi connectivity index (χ2v) is 2.25. The van der Waals surface area contributed by atoms with E-state index >= 15 is 0 Å². The van der Waals surface area contributed by atoms with E-state index in [4.69, 9.17) is 5.73 Å². The first-order valence-electron chi connectivity index (χ1n) is 3.27. The number of hydrogen-bond donors (Lipinski definition) is 1. The molecule has 0 atom stereocenters. The van der Waals surface area contributed by atoms with Gasteiger partial charge in [-0.15, -0.1) is 0 Å². The van der Waals surface area contributed by atoms with Crippen LogP contribution >= 0.6 is 0 Å². The molecule has 0 aliphatic heterocycles. The highest BCUT2D eigenvalue weighted by Crippen LogP contribution is 1.96. The van der Waals surface area contributed by atoms with E-state index in [1.807, 2.05) is 0 Å². The smallest absolute Gasteiger partial charge is 0.333 e. The maximum absolute atomic E-state index is 10.8. The van der Waals surface area contributed by atoms with Crippen LogP contribution in [0.2, 0.25) is 0 Å². The van der Waals surface area contributed by atoms with Gasteiger partial charge in [0, 0.05) is 11.3 Å². The molecule has 11 heavy (non-hydrogen) atoms. The number of esters is 1. The lowest BCUT2D eigenvalue weighted by molar-refractivity contribution is -0.136. The Kier molecular flexibility index (Phi) is 4.03. The zero-order chi connectivity index (χ0) is 8.85. The average molecular weight is 155 g/mol. The molecule has 0 unspecified atom stereocenters. The van der Waals surface area contributed by atoms with Gasteiger partial charge in [-0.25, -0.2) is 4.79 Å². The van der Waals surface area contributed by atoms with Crippen molar-refractivity contribution < 1.29 is 9.53 Å². The lowest BCUT2D eigenvalue weighted by Gasteiger charge is -1.95. The molecule has 0 aromatic rings. The minimum Gasteiger partial charge on any atom is -0.466 e. The molecule has 3 heteroatoms. The third kappa shape index (κ3) is 4.19. The van der Waals surface area contributed by atoms with Gasteiger partial charge in [-0.1, -0.05) is 6.08 Å². The van der Waals surface area contributed by atoms with Gasteiger partial charge in [0.25, 0.3) is 0 Å². The summed E-state index contributed by atoms with van der Waals surface area (Å²) < 4.78 is 4.47. The van der Waals surface area contributed by atoms with Crippen LogP contribution < -0.4 is 5.73 Å². The number of carbonyl (C=O) groups excluding carboxylic acids is 1. The molecule has 0 amide bonds. The summed E-state index contributed by atoms with van der Waals surface area (Å²) in [6.45, 7) is 3.42. The second-order valence-electron chi connectivity index (χ2n) is 2.25. The Hall–Kier alpha value is -1.25. The van der Waals surface area contributed by atoms with Crippen molar-refractivity contribution in [1.82, 2.24) is 0 Å². The molecule has 0 fully saturated rings. The van der Waals surface area contributed by atoms with E-state index in [0.29, 0.717) is 11.3 Å². The Bertz CT molecular complexity index is 200. The monoisotopic (exact) mass is 155 g/mol. The summed E-state index contributed by atoms with van der Waals surface area (Å²) in [6.07, 6.45) is 3.29. The highest BCUT2D eigenvalue weighted by Gasteiger charge is 1.99. The largest absolute Gasteiger partial charge is 0.466 e. The normalized spacial score (nSPS) is 13.0. The van der Waals surface area contributed by atoms with Gasteiger partial charge in [0.2, 0.25) is 0 Å². The third-order valence-electron chi connectivity index (χ3n) is 1.10. The van der Waals surface area contributed by atoms with E-state index in [-0.39, 0.29) is 5.97 Å². The predicted octanol–water partition coefficient (Wildman–Crippen LogP) is 0.968. The van der Waals surface area contributed by atoms with Crippen LogP contribution in [-0.2, 0) is 9.53 Å². The van der Waals surface area contributed by atoms with Crippen molar-refractivity contribution in [2.24, 2.45) is 5.73 Å². The summed E-state index contributed by atoms with van der Waals surface area (Å²) in [4.78, 5) is 10.8. The molecule has 0 bridgehead atoms. The molecule has 0 saturated carbocycles. The third-order valence-corrected chi connectivity index (χ3v) is 1.10. The molecular formula is C8H13NO2. The average Bonchev–Trinajstić information content (AvgIpc) is 1.98. The van der Waals surface area contributed by atoms with E-state index in [1.54, 1.807) is 26.0 Å². The van der Waals surface area contributed by atoms with Crippen molar-refractivity contribution in [3.05, 3.63) is 23.4 Å². The topological polar surface area (TPSA) is 52.3 Å². The van der Waals surface area contributed by atoms with Crippen LogP contribution in [0.4, 0.5) is 0 Å². The molecular weight excluding hydrogens is 142 g/mol. The van der Waals surface area contributed by atoms with E-state index in [0.717, 1.165) is 0 Å². The molecule has 2 N–H and O–H groups in total. The first kappa shape index (κ1) is 9.75. The number of ether oxygens (including phenoxy) is 1. The van der Waals surface area contributed by atoms with Gasteiger partial charge in [0.15, 0.2) is 0 Å². The fourth-order valence-corrected chi connectivity index (χ4v) is 0.485. The Morgan fingerprint density at radius 1 is 1.36 bits per heavy atom. The maximum atomic E-state index is 10.8. The summed E-state index contributed by atoms with van der Waals surface area (Å²) in [7, 11) is 1.35. The van der Waals surface area contributed by atoms with Gasteiger partial charge >= 0.3 is 5.97 Å². The van der Waals surface area contributed by atoms with Crippen LogP contribution in [0.3, 0.4) is 0 Å². The lowest BCUT2D eigenvalue weighted by Crippen LogP contribution is -2.01. The van der Waals surface area contributed by atoms with Crippen molar-refractivity contribution >= 4 is 5.97 Å². The molecule has 0 heterocycles. The molecule has 0 radical (unpaired) electrons. The Morgan fingerprint density at radius 2 is 1.91 bits per heavy atom. The summed E-state index contributed by atoms with van der Waals surface area (Å²) in [5.41, 5.74) is 6.55. The summed E-state index contributed by atoms with van der Waals surface area (Å²) in [5.74, 6) is -0.331. The highest BCUT2D eigenvalue weighted by atomic mass is 16.5. The molecule has 62 valence electrons. The molecule has 0 rings (SSSR count). The van der Waals surface area contributed by atoms with Crippen molar-refractivity contribution in [1.29, 1.82) is 0 Å². The van der Waals surface area contributed by atoms with E-state index < -0.39 is 0 Å². The summed E-state index contributed by atoms with van der Waals surface area (Å²) >= 11 is 0. The number of allylic oxidation sites excluding steroid dienone is 3. The molecule has 3 nitrogen and oxygen atoms in total. The zero-order valence-corrected chi connectivity index (χ0v) is 7.05. The van der Waals surface area contributed by atoms with Crippen LogP contribution in [0.25, 0.3) is 0 Å². The highest BCUT2D eigenvalue weighted by molar-refractivity contribution is 5.87. The van der Waals surface area contributed by atoms with Crippen molar-refractivity contribution in [2.75, 3.05) is 7.11 Å². The Morgan fingerprint density at radius 3 is 2.27 bits per heavy atom. The van der Waals surface area contributed by atoms with Crippen LogP contribution in [-0.4, -0.2) is 13.1 Å². The van der Waals surface area contributed by atoms with Crippen molar-refractivity contribution in [3.63, 3.8) is 0 Å². The molecule has 0 aromatic carbocycles. The van der Waals surface area contributed by atoms with Crippen LogP contribution in [0.15, 0.2) is 23.4 Å². The van der Waals surface area contributed by atoms with E-state index in [1.165, 1.54) is 7.11 Å². The molecule has 0 aliphatic carbocycles. The minimum absolute atomic E-state index is 0.331. The van der Waals surface area contributed by atoms with Crippen LogP contribution in [0, 0.1) is 0 Å². The summed E-state index contributed by atoms with van der Waals surface area (Å²) in [5, 5.41) is 0. The van der Waals surface area contributed by atoms with E-state index in [9.17, 15) is 4.79 Å². The van der Waals surface area contributed by atoms with Crippen molar-refractivity contribution in [2.45, 2.75) is 13.8 Å². The van der Waals surface area contributed by atoms with Crippen LogP contribution in [0.5, 0.6) is 0 Å². The number of hydrogen-bond acceptors (Lipinski definition) is 3. The molecule has 0 aliphatic rings. The van der Waals surface area contributed by atoms with Gasteiger partial charge in [-0.05, 0) is 19.9 Å². The molecule has 0 spiro atoms. The number of methoxy groups -OCH3 is 1. The summed E-state index contributed by atoms with van der Waals surface area (Å²) in [6, 6.07) is 0. The molecule has 0 saturated heterocycles.